The highest BCUT2D eigenvalue weighted by Crippen LogP contribution is 2.30. The van der Waals surface area contributed by atoms with Gasteiger partial charge in [0.05, 0.1) is 0 Å². The molecule has 0 aliphatic rings. The number of benzene rings is 2. The van der Waals surface area contributed by atoms with E-state index in [2.05, 4.69) is 15.0 Å². The third kappa shape index (κ3) is 2.78. The summed E-state index contributed by atoms with van der Waals surface area (Å²) >= 11 is 13.1. The van der Waals surface area contributed by atoms with E-state index in [1.54, 1.807) is 0 Å². The summed E-state index contributed by atoms with van der Waals surface area (Å²) in [6.07, 6.45) is 0. The van der Waals surface area contributed by atoms with Gasteiger partial charge in [0.25, 0.3) is 0 Å². The number of hydrogen-bond acceptors (Lipinski definition) is 4. The number of rotatable bonds is 1. The summed E-state index contributed by atoms with van der Waals surface area (Å²) in [5, 5.41) is 0.804. The van der Waals surface area contributed by atoms with Crippen LogP contribution >= 0.6 is 34.5 Å². The van der Waals surface area contributed by atoms with E-state index < -0.39 is 0 Å². The van der Waals surface area contributed by atoms with Crippen LogP contribution in [0.25, 0.3) is 31.6 Å². The monoisotopic (exact) mass is 401 g/mol. The van der Waals surface area contributed by atoms with Crippen LogP contribution in [0.1, 0.15) is 0 Å². The summed E-state index contributed by atoms with van der Waals surface area (Å²) in [6.45, 7) is 0. The van der Waals surface area contributed by atoms with Gasteiger partial charge in [0.1, 0.15) is 54.9 Å². The van der Waals surface area contributed by atoms with Crippen LogP contribution in [0.5, 0.6) is 0 Å². The molecule has 2 aromatic heterocycles. The first-order chi connectivity index (χ1) is 13.1. The zero-order valence-corrected chi connectivity index (χ0v) is 16.4. The SMILES string of the molecule is [B]c1c([B])c([B])c2c(sc3c([B])c([B])c(-c4nc(Cl)nc(Cl)n4)c([B])c32)c1[B]. The average Bonchev–Trinajstić information content (AvgIpc) is 3.03. The van der Waals surface area contributed by atoms with Crippen molar-refractivity contribution in [2.45, 2.75) is 0 Å². The van der Waals surface area contributed by atoms with Crippen molar-refractivity contribution < 1.29 is 0 Å². The van der Waals surface area contributed by atoms with Gasteiger partial charge in [-0.2, -0.15) is 15.0 Å². The standard InChI is InChI=1S/C15B7Cl2N3S/c16-4-1-2-5(17)7(19)8(20)10(22)12(2)28-11(1)9(21)6(18)3(4)13-25-14(23)27-15(24)26-13. The third-order valence-corrected chi connectivity index (χ3v) is 6.03. The van der Waals surface area contributed by atoms with E-state index in [1.165, 1.54) is 11.3 Å². The van der Waals surface area contributed by atoms with Crippen LogP contribution in [0.2, 0.25) is 10.6 Å². The molecule has 0 bridgehead atoms. The van der Waals surface area contributed by atoms with Gasteiger partial charge in [-0.3, -0.25) is 0 Å². The summed E-state index contributed by atoms with van der Waals surface area (Å²) in [5.41, 5.74) is 1.77. The molecule has 2 aromatic carbocycles. The Labute approximate surface area is 184 Å². The van der Waals surface area contributed by atoms with E-state index in [1.807, 2.05) is 0 Å². The third-order valence-electron chi connectivity index (χ3n) is 4.44. The number of thiophene rings is 1. The van der Waals surface area contributed by atoms with Crippen LogP contribution in [-0.4, -0.2) is 69.9 Å². The molecule has 0 atom stereocenters. The van der Waals surface area contributed by atoms with Crippen LogP contribution in [0.15, 0.2) is 0 Å². The molecule has 14 radical (unpaired) electrons. The molecule has 28 heavy (non-hydrogen) atoms. The molecule has 0 saturated carbocycles. The number of hydrogen-bond donors (Lipinski definition) is 0. The molecule has 13 heteroatoms. The van der Waals surface area contributed by atoms with Gasteiger partial charge < -0.3 is 0 Å². The molecule has 0 aliphatic heterocycles. The minimum absolute atomic E-state index is 0.0721. The van der Waals surface area contributed by atoms with Crippen LogP contribution in [0.3, 0.4) is 0 Å². The number of halogens is 2. The Hall–Kier alpha value is -1.30. The number of aromatic nitrogens is 3. The molecule has 0 spiro atoms. The van der Waals surface area contributed by atoms with Crippen molar-refractivity contribution >= 4 is 148 Å². The normalized spacial score (nSPS) is 11.5. The van der Waals surface area contributed by atoms with Crippen LogP contribution in [0, 0.1) is 0 Å². The van der Waals surface area contributed by atoms with Crippen molar-refractivity contribution in [3.05, 3.63) is 10.6 Å². The minimum atomic E-state index is -0.122. The molecule has 2 heterocycles. The molecule has 3 nitrogen and oxygen atoms in total. The quantitative estimate of drug-likeness (QED) is 0.315. The Bertz CT molecular complexity index is 1310. The van der Waals surface area contributed by atoms with E-state index >= 15 is 0 Å². The van der Waals surface area contributed by atoms with Crippen molar-refractivity contribution in [3.63, 3.8) is 0 Å². The Morgan fingerprint density at radius 3 is 1.57 bits per heavy atom. The molecule has 0 saturated heterocycles. The highest BCUT2D eigenvalue weighted by atomic mass is 35.5. The van der Waals surface area contributed by atoms with Crippen molar-refractivity contribution in [3.8, 4) is 11.4 Å². The molecule has 116 valence electrons. The van der Waals surface area contributed by atoms with Gasteiger partial charge in [0.15, 0.2) is 5.82 Å². The van der Waals surface area contributed by atoms with Crippen molar-refractivity contribution in [1.82, 2.24) is 15.0 Å². The Morgan fingerprint density at radius 1 is 0.536 bits per heavy atom. The molecular weight excluding hydrogens is 401 g/mol. The number of fused-ring (bicyclic) bond motifs is 3. The van der Waals surface area contributed by atoms with E-state index in [4.69, 9.17) is 78.1 Å². The van der Waals surface area contributed by atoms with Crippen molar-refractivity contribution in [1.29, 1.82) is 0 Å². The van der Waals surface area contributed by atoms with Gasteiger partial charge in [-0.1, -0.05) is 27.3 Å². The van der Waals surface area contributed by atoms with E-state index in [0.29, 0.717) is 20.2 Å². The van der Waals surface area contributed by atoms with E-state index in [-0.39, 0.29) is 60.2 Å². The van der Waals surface area contributed by atoms with Crippen LogP contribution < -0.4 is 38.2 Å². The molecule has 4 rings (SSSR count). The van der Waals surface area contributed by atoms with Crippen molar-refractivity contribution in [2.24, 2.45) is 0 Å². The fourth-order valence-corrected chi connectivity index (χ4v) is 4.71. The van der Waals surface area contributed by atoms with Crippen molar-refractivity contribution in [2.75, 3.05) is 0 Å². The largest absolute Gasteiger partial charge is 0.227 e. The maximum Gasteiger partial charge on any atom is 0.227 e. The second-order valence-electron chi connectivity index (χ2n) is 5.98. The van der Waals surface area contributed by atoms with Gasteiger partial charge in [0, 0.05) is 15.0 Å². The molecule has 0 fully saturated rings. The summed E-state index contributed by atoms with van der Waals surface area (Å²) < 4.78 is 1.18. The first-order valence-corrected chi connectivity index (χ1v) is 9.22. The minimum Gasteiger partial charge on any atom is -0.198 e. The zero-order valence-electron chi connectivity index (χ0n) is 14.0. The fraction of sp³-hybridized carbons (Fsp3) is 0. The smallest absolute Gasteiger partial charge is 0.198 e. The first-order valence-electron chi connectivity index (χ1n) is 7.65. The highest BCUT2D eigenvalue weighted by Gasteiger charge is 2.21. The lowest BCUT2D eigenvalue weighted by Crippen LogP contribution is -2.47. The second-order valence-corrected chi connectivity index (χ2v) is 7.67. The zero-order chi connectivity index (χ0) is 20.5. The van der Waals surface area contributed by atoms with Gasteiger partial charge in [-0.15, -0.1) is 22.3 Å². The lowest BCUT2D eigenvalue weighted by Gasteiger charge is -2.17. The molecule has 0 N–H and O–H groups in total. The van der Waals surface area contributed by atoms with E-state index in [9.17, 15) is 0 Å². The van der Waals surface area contributed by atoms with Crippen LogP contribution in [0.4, 0.5) is 0 Å². The van der Waals surface area contributed by atoms with Gasteiger partial charge >= 0.3 is 0 Å². The van der Waals surface area contributed by atoms with Gasteiger partial charge in [-0.05, 0) is 34.0 Å². The molecular formula is C15B7Cl2N3S. The lowest BCUT2D eigenvalue weighted by atomic mass is 9.64. The first kappa shape index (κ1) is 20.0. The Balaban J connectivity index is 2.25. The Morgan fingerprint density at radius 2 is 1.00 bits per heavy atom. The predicted octanol–water partition coefficient (Wildman–Crippen LogP) is -3.23. The maximum absolute atomic E-state index is 6.45. The summed E-state index contributed by atoms with van der Waals surface area (Å²) in [4.78, 5) is 11.8. The summed E-state index contributed by atoms with van der Waals surface area (Å²) in [6, 6.07) is 0. The second kappa shape index (κ2) is 6.89. The maximum atomic E-state index is 6.45. The van der Waals surface area contributed by atoms with Gasteiger partial charge in [-0.25, -0.2) is 0 Å². The molecule has 0 aliphatic carbocycles. The summed E-state index contributed by atoms with van der Waals surface area (Å²) in [7, 11) is 43.3. The van der Waals surface area contributed by atoms with Crippen LogP contribution in [-0.2, 0) is 0 Å². The topological polar surface area (TPSA) is 38.7 Å². The summed E-state index contributed by atoms with van der Waals surface area (Å²) in [5.74, 6) is 0.0721. The van der Waals surface area contributed by atoms with E-state index in [0.717, 1.165) is 0 Å². The fourth-order valence-electron chi connectivity index (χ4n) is 3.08. The highest BCUT2D eigenvalue weighted by molar-refractivity contribution is 7.28. The molecule has 0 unspecified atom stereocenters. The Kier molecular flexibility index (Phi) is 4.92. The lowest BCUT2D eigenvalue weighted by molar-refractivity contribution is 1.06. The predicted molar refractivity (Wildman–Crippen MR) is 126 cm³/mol. The average molecular weight is 401 g/mol. The number of nitrogens with zero attached hydrogens (tertiary/aromatic N) is 3. The molecule has 0 amide bonds. The molecule has 4 aromatic rings. The van der Waals surface area contributed by atoms with Gasteiger partial charge in [0.2, 0.25) is 10.6 Å².